The zero-order chi connectivity index (χ0) is 15.9. The van der Waals surface area contributed by atoms with E-state index < -0.39 is 18.0 Å². The van der Waals surface area contributed by atoms with Gasteiger partial charge in [-0.05, 0) is 24.6 Å². The van der Waals surface area contributed by atoms with Gasteiger partial charge in [0, 0.05) is 0 Å². The third-order valence-corrected chi connectivity index (χ3v) is 3.24. The van der Waals surface area contributed by atoms with Gasteiger partial charge in [-0.2, -0.15) is 0 Å². The van der Waals surface area contributed by atoms with Crippen LogP contribution in [0.1, 0.15) is 24.3 Å². The molecule has 0 aliphatic carbocycles. The van der Waals surface area contributed by atoms with Gasteiger partial charge in [0.25, 0.3) is 0 Å². The number of nitrogens with two attached hydrogens (primary N) is 1. The number of carbonyl (C=O) groups excluding carboxylic acids is 2. The van der Waals surface area contributed by atoms with Crippen LogP contribution in [0.4, 0.5) is 0 Å². The first-order valence-corrected chi connectivity index (χ1v) is 6.98. The van der Waals surface area contributed by atoms with E-state index in [0.29, 0.717) is 12.3 Å². The third kappa shape index (κ3) is 4.20. The van der Waals surface area contributed by atoms with Crippen LogP contribution in [0.25, 0.3) is 0 Å². The summed E-state index contributed by atoms with van der Waals surface area (Å²) in [6.07, 6.45) is 1.54. The van der Waals surface area contributed by atoms with E-state index in [1.807, 2.05) is 18.2 Å². The van der Waals surface area contributed by atoms with Crippen molar-refractivity contribution in [2.24, 2.45) is 5.73 Å². The predicted octanol–water partition coefficient (Wildman–Crippen LogP) is 1.10. The van der Waals surface area contributed by atoms with Crippen LogP contribution < -0.4 is 16.4 Å². The average molecular weight is 301 g/mol. The van der Waals surface area contributed by atoms with Crippen molar-refractivity contribution in [3.8, 4) is 0 Å². The van der Waals surface area contributed by atoms with E-state index in [-0.39, 0.29) is 5.91 Å². The topological polar surface area (TPSA) is 97.4 Å². The summed E-state index contributed by atoms with van der Waals surface area (Å²) < 4.78 is 5.14. The van der Waals surface area contributed by atoms with Gasteiger partial charge in [-0.15, -0.1) is 0 Å². The number of hydrogen-bond donors (Lipinski definition) is 3. The third-order valence-electron chi connectivity index (χ3n) is 3.24. The number of rotatable bonds is 7. The maximum Gasteiger partial charge on any atom is 0.239 e. The highest BCUT2D eigenvalue weighted by atomic mass is 16.3. The minimum atomic E-state index is -0.717. The predicted molar refractivity (Wildman–Crippen MR) is 81.5 cm³/mol. The molecule has 0 spiro atoms. The Balaban J connectivity index is 1.94. The summed E-state index contributed by atoms with van der Waals surface area (Å²) in [5.41, 5.74) is 6.14. The van der Waals surface area contributed by atoms with Crippen LogP contribution >= 0.6 is 0 Å². The molecular weight excluding hydrogens is 282 g/mol. The van der Waals surface area contributed by atoms with Gasteiger partial charge >= 0.3 is 0 Å². The van der Waals surface area contributed by atoms with Crippen molar-refractivity contribution >= 4 is 11.8 Å². The van der Waals surface area contributed by atoms with E-state index in [2.05, 4.69) is 10.6 Å². The SMILES string of the molecule is C[C@H](N[C@@H](C(N)=O)c1ccccc1)C(=O)NCc1ccco1. The summed E-state index contributed by atoms with van der Waals surface area (Å²) in [4.78, 5) is 23.7. The molecule has 0 saturated carbocycles. The lowest BCUT2D eigenvalue weighted by atomic mass is 10.1. The fraction of sp³-hybridized carbons (Fsp3) is 0.250. The number of furan rings is 1. The summed E-state index contributed by atoms with van der Waals surface area (Å²) in [7, 11) is 0. The fourth-order valence-corrected chi connectivity index (χ4v) is 2.05. The fourth-order valence-electron chi connectivity index (χ4n) is 2.05. The van der Waals surface area contributed by atoms with Gasteiger partial charge in [-0.1, -0.05) is 30.3 Å². The first kappa shape index (κ1) is 15.8. The second-order valence-corrected chi connectivity index (χ2v) is 4.93. The quantitative estimate of drug-likeness (QED) is 0.713. The Kier molecular flexibility index (Phi) is 5.32. The molecule has 1 heterocycles. The first-order valence-electron chi connectivity index (χ1n) is 6.98. The van der Waals surface area contributed by atoms with Gasteiger partial charge in [-0.25, -0.2) is 0 Å². The van der Waals surface area contributed by atoms with Crippen LogP contribution in [0.2, 0.25) is 0 Å². The molecule has 0 saturated heterocycles. The molecule has 2 aromatic rings. The van der Waals surface area contributed by atoms with Crippen molar-refractivity contribution in [1.82, 2.24) is 10.6 Å². The van der Waals surface area contributed by atoms with Crippen molar-refractivity contribution in [2.45, 2.75) is 25.6 Å². The van der Waals surface area contributed by atoms with Crippen molar-refractivity contribution in [3.05, 3.63) is 60.1 Å². The molecule has 0 unspecified atom stereocenters. The van der Waals surface area contributed by atoms with E-state index in [0.717, 1.165) is 5.56 Å². The Hall–Kier alpha value is -2.60. The lowest BCUT2D eigenvalue weighted by molar-refractivity contribution is -0.124. The Morgan fingerprint density at radius 3 is 2.50 bits per heavy atom. The van der Waals surface area contributed by atoms with Crippen LogP contribution in [0.3, 0.4) is 0 Å². The summed E-state index contributed by atoms with van der Waals surface area (Å²) in [6, 6.07) is 11.3. The molecule has 0 aliphatic heterocycles. The van der Waals surface area contributed by atoms with E-state index in [9.17, 15) is 9.59 Å². The molecule has 2 amide bonds. The van der Waals surface area contributed by atoms with Crippen LogP contribution in [-0.2, 0) is 16.1 Å². The lowest BCUT2D eigenvalue weighted by Crippen LogP contribution is -2.46. The molecule has 0 aliphatic rings. The van der Waals surface area contributed by atoms with Gasteiger partial charge in [0.1, 0.15) is 11.8 Å². The Morgan fingerprint density at radius 2 is 1.91 bits per heavy atom. The number of amides is 2. The Bertz CT molecular complexity index is 611. The number of hydrogen-bond acceptors (Lipinski definition) is 4. The molecule has 0 fully saturated rings. The van der Waals surface area contributed by atoms with Crippen LogP contribution in [0.5, 0.6) is 0 Å². The largest absolute Gasteiger partial charge is 0.467 e. The van der Waals surface area contributed by atoms with Crippen molar-refractivity contribution in [1.29, 1.82) is 0 Å². The van der Waals surface area contributed by atoms with Gasteiger partial charge in [0.05, 0.1) is 18.8 Å². The summed E-state index contributed by atoms with van der Waals surface area (Å²) in [5, 5.41) is 5.68. The molecule has 1 aromatic carbocycles. The van der Waals surface area contributed by atoms with Gasteiger partial charge in [-0.3, -0.25) is 14.9 Å². The van der Waals surface area contributed by atoms with E-state index >= 15 is 0 Å². The highest BCUT2D eigenvalue weighted by molar-refractivity contribution is 5.85. The highest BCUT2D eigenvalue weighted by Crippen LogP contribution is 2.12. The maximum atomic E-state index is 12.1. The molecular formula is C16H19N3O3. The minimum Gasteiger partial charge on any atom is -0.467 e. The van der Waals surface area contributed by atoms with E-state index in [1.165, 1.54) is 0 Å². The number of nitrogens with one attached hydrogen (secondary N) is 2. The molecule has 0 bridgehead atoms. The monoisotopic (exact) mass is 301 g/mol. The second kappa shape index (κ2) is 7.42. The molecule has 4 N–H and O–H groups in total. The summed E-state index contributed by atoms with van der Waals surface area (Å²) in [6.45, 7) is 1.97. The van der Waals surface area contributed by atoms with Gasteiger partial charge in [0.15, 0.2) is 0 Å². The summed E-state index contributed by atoms with van der Waals surface area (Å²) in [5.74, 6) is -0.106. The van der Waals surface area contributed by atoms with Crippen molar-refractivity contribution in [2.75, 3.05) is 0 Å². The van der Waals surface area contributed by atoms with Crippen LogP contribution in [0, 0.1) is 0 Å². The standard InChI is InChI=1S/C16H19N3O3/c1-11(16(21)18-10-13-8-5-9-22-13)19-14(15(17)20)12-6-3-2-4-7-12/h2-9,11,14,19H,10H2,1H3,(H2,17,20)(H,18,21)/t11-,14+/m0/s1. The smallest absolute Gasteiger partial charge is 0.239 e. The number of primary amides is 1. The Morgan fingerprint density at radius 1 is 1.18 bits per heavy atom. The summed E-state index contributed by atoms with van der Waals surface area (Å²) >= 11 is 0. The lowest BCUT2D eigenvalue weighted by Gasteiger charge is -2.20. The normalized spacial score (nSPS) is 13.3. The zero-order valence-electron chi connectivity index (χ0n) is 12.3. The second-order valence-electron chi connectivity index (χ2n) is 4.93. The van der Waals surface area contributed by atoms with E-state index in [4.69, 9.17) is 10.2 Å². The Labute approximate surface area is 128 Å². The number of benzene rings is 1. The molecule has 6 heteroatoms. The molecule has 2 rings (SSSR count). The first-order chi connectivity index (χ1) is 10.6. The number of carbonyl (C=O) groups is 2. The zero-order valence-corrected chi connectivity index (χ0v) is 12.3. The molecule has 1 aromatic heterocycles. The molecule has 0 radical (unpaired) electrons. The highest BCUT2D eigenvalue weighted by Gasteiger charge is 2.23. The van der Waals surface area contributed by atoms with Crippen molar-refractivity contribution in [3.63, 3.8) is 0 Å². The van der Waals surface area contributed by atoms with Gasteiger partial charge in [0.2, 0.25) is 11.8 Å². The van der Waals surface area contributed by atoms with Gasteiger partial charge < -0.3 is 15.5 Å². The van der Waals surface area contributed by atoms with E-state index in [1.54, 1.807) is 37.5 Å². The molecule has 116 valence electrons. The average Bonchev–Trinajstić information content (AvgIpc) is 3.04. The van der Waals surface area contributed by atoms with Crippen LogP contribution in [-0.4, -0.2) is 17.9 Å². The minimum absolute atomic E-state index is 0.237. The maximum absolute atomic E-state index is 12.1. The molecule has 6 nitrogen and oxygen atoms in total. The van der Waals surface area contributed by atoms with Crippen LogP contribution in [0.15, 0.2) is 53.1 Å². The molecule has 2 atom stereocenters. The van der Waals surface area contributed by atoms with Crippen molar-refractivity contribution < 1.29 is 14.0 Å². The molecule has 22 heavy (non-hydrogen) atoms.